The van der Waals surface area contributed by atoms with E-state index in [0.717, 1.165) is 16.9 Å². The van der Waals surface area contributed by atoms with Crippen LogP contribution in [0.15, 0.2) is 58.1 Å². The Morgan fingerprint density at radius 2 is 1.70 bits per heavy atom. The summed E-state index contributed by atoms with van der Waals surface area (Å²) in [5.41, 5.74) is 0.486. The first-order valence-corrected chi connectivity index (χ1v) is 7.22. The van der Waals surface area contributed by atoms with Gasteiger partial charge in [0.05, 0.1) is 11.9 Å². The molecule has 0 bridgehead atoms. The van der Waals surface area contributed by atoms with Crippen molar-refractivity contribution in [2.24, 2.45) is 0 Å². The predicted molar refractivity (Wildman–Crippen MR) is 82.9 cm³/mol. The second kappa shape index (κ2) is 5.23. The summed E-state index contributed by atoms with van der Waals surface area (Å²) in [5.74, 6) is 0. The van der Waals surface area contributed by atoms with Crippen molar-refractivity contribution in [3.63, 3.8) is 0 Å². The minimum Gasteiger partial charge on any atom is -0.269 e. The Bertz CT molecular complexity index is 898. The molecule has 0 fully saturated rings. The Kier molecular flexibility index (Phi) is 3.42. The van der Waals surface area contributed by atoms with Crippen molar-refractivity contribution in [3.05, 3.63) is 79.1 Å². The Labute approximate surface area is 123 Å². The highest BCUT2D eigenvalue weighted by Crippen LogP contribution is 2.16. The number of nitrogens with zero attached hydrogens (tertiary/aromatic N) is 1. The first kappa shape index (κ1) is 13.1. The summed E-state index contributed by atoms with van der Waals surface area (Å²) in [4.78, 5) is 24.2. The molecular weight excluding hydrogens is 294 g/mol. The van der Waals surface area contributed by atoms with Crippen molar-refractivity contribution in [2.75, 3.05) is 0 Å². The third-order valence-corrected chi connectivity index (χ3v) is 4.41. The lowest BCUT2D eigenvalue weighted by Crippen LogP contribution is -2.31. The molecule has 0 saturated heterocycles. The van der Waals surface area contributed by atoms with Gasteiger partial charge in [0.2, 0.25) is 0 Å². The number of fused-ring (bicyclic) bond motifs is 1. The molecule has 2 aromatic carbocycles. The Hall–Kier alpha value is -1.91. The molecule has 0 aliphatic carbocycles. The van der Waals surface area contributed by atoms with Gasteiger partial charge in [0, 0.05) is 9.72 Å². The predicted octanol–water partition coefficient (Wildman–Crippen LogP) is 3.12. The maximum absolute atomic E-state index is 12.4. The molecule has 3 nitrogen and oxygen atoms in total. The summed E-state index contributed by atoms with van der Waals surface area (Å²) in [6.45, 7) is 0.193. The van der Waals surface area contributed by atoms with Crippen molar-refractivity contribution < 1.29 is 0 Å². The zero-order valence-electron chi connectivity index (χ0n) is 10.4. The van der Waals surface area contributed by atoms with Gasteiger partial charge in [-0.2, -0.15) is 0 Å². The Balaban J connectivity index is 2.20. The summed E-state index contributed by atoms with van der Waals surface area (Å²) >= 11 is 7.15. The largest absolute Gasteiger partial charge is 0.310 e. The van der Waals surface area contributed by atoms with E-state index in [-0.39, 0.29) is 17.0 Å². The van der Waals surface area contributed by atoms with Gasteiger partial charge in [-0.3, -0.25) is 14.2 Å². The van der Waals surface area contributed by atoms with Crippen molar-refractivity contribution in [1.82, 2.24) is 4.57 Å². The van der Waals surface area contributed by atoms with E-state index in [4.69, 9.17) is 11.6 Å². The number of benzene rings is 2. The van der Waals surface area contributed by atoms with Crippen LogP contribution in [0.5, 0.6) is 0 Å². The van der Waals surface area contributed by atoms with Gasteiger partial charge < -0.3 is 0 Å². The van der Waals surface area contributed by atoms with Crippen molar-refractivity contribution in [1.29, 1.82) is 0 Å². The summed E-state index contributed by atoms with van der Waals surface area (Å²) in [5, 5.41) is 1.11. The highest BCUT2D eigenvalue weighted by molar-refractivity contribution is 7.16. The van der Waals surface area contributed by atoms with Crippen LogP contribution < -0.4 is 10.4 Å². The fourth-order valence-electron chi connectivity index (χ4n) is 2.04. The molecule has 5 heteroatoms. The van der Waals surface area contributed by atoms with Crippen LogP contribution in [-0.2, 0) is 6.54 Å². The van der Waals surface area contributed by atoms with Crippen LogP contribution in [0.1, 0.15) is 5.56 Å². The van der Waals surface area contributed by atoms with Crippen molar-refractivity contribution in [2.45, 2.75) is 6.54 Å². The third kappa shape index (κ3) is 2.28. The first-order valence-electron chi connectivity index (χ1n) is 6.03. The zero-order chi connectivity index (χ0) is 14.1. The maximum atomic E-state index is 12.4. The van der Waals surface area contributed by atoms with Gasteiger partial charge in [-0.25, -0.2) is 0 Å². The van der Waals surface area contributed by atoms with Gasteiger partial charge in [0.1, 0.15) is 0 Å². The molecule has 0 spiro atoms. The lowest BCUT2D eigenvalue weighted by atomic mass is 10.2. The molecule has 3 rings (SSSR count). The van der Waals surface area contributed by atoms with Crippen LogP contribution in [0.3, 0.4) is 0 Å². The van der Waals surface area contributed by atoms with Crippen LogP contribution in [0, 0.1) is 0 Å². The molecular formula is C15H10ClNO2S. The number of hydrogen-bond donors (Lipinski definition) is 0. The molecule has 0 amide bonds. The molecule has 100 valence electrons. The summed E-state index contributed by atoms with van der Waals surface area (Å²) in [7, 11) is 0. The molecule has 20 heavy (non-hydrogen) atoms. The number of rotatable bonds is 2. The van der Waals surface area contributed by atoms with Gasteiger partial charge in [-0.15, -0.1) is 0 Å². The standard InChI is InChI=1S/C15H10ClNO2S/c16-12-7-3-1-5-10(12)9-17-14(18)11-6-2-4-8-13(11)20-15(17)19/h1-8H,9H2. The number of halogens is 1. The lowest BCUT2D eigenvalue weighted by molar-refractivity contribution is 0.753. The van der Waals surface area contributed by atoms with E-state index in [0.29, 0.717) is 15.1 Å². The van der Waals surface area contributed by atoms with Crippen LogP contribution in [-0.4, -0.2) is 4.57 Å². The molecule has 0 saturated carbocycles. The van der Waals surface area contributed by atoms with Crippen LogP contribution in [0.25, 0.3) is 10.1 Å². The highest BCUT2D eigenvalue weighted by Gasteiger charge is 2.09. The monoisotopic (exact) mass is 303 g/mol. The molecule has 0 unspecified atom stereocenters. The Morgan fingerprint density at radius 1 is 1.00 bits per heavy atom. The molecule has 1 aromatic heterocycles. The van der Waals surface area contributed by atoms with E-state index in [1.807, 2.05) is 24.3 Å². The van der Waals surface area contributed by atoms with Gasteiger partial charge in [-0.1, -0.05) is 53.3 Å². The molecule has 3 aromatic rings. The first-order chi connectivity index (χ1) is 9.66. The molecule has 0 aliphatic heterocycles. The van der Waals surface area contributed by atoms with Crippen molar-refractivity contribution >= 4 is 33.0 Å². The maximum Gasteiger partial charge on any atom is 0.310 e. The molecule has 0 atom stereocenters. The van der Waals surface area contributed by atoms with Crippen molar-refractivity contribution in [3.8, 4) is 0 Å². The van der Waals surface area contributed by atoms with Gasteiger partial charge in [0.25, 0.3) is 5.56 Å². The topological polar surface area (TPSA) is 39.1 Å². The van der Waals surface area contributed by atoms with E-state index >= 15 is 0 Å². The van der Waals surface area contributed by atoms with E-state index in [2.05, 4.69) is 0 Å². The summed E-state index contributed by atoms with van der Waals surface area (Å²) in [6.07, 6.45) is 0. The molecule has 0 aliphatic rings. The Morgan fingerprint density at radius 3 is 2.50 bits per heavy atom. The van der Waals surface area contributed by atoms with E-state index < -0.39 is 0 Å². The molecule has 1 heterocycles. The number of aromatic nitrogens is 1. The molecule has 0 N–H and O–H groups in total. The van der Waals surface area contributed by atoms with E-state index in [9.17, 15) is 9.59 Å². The summed E-state index contributed by atoms with van der Waals surface area (Å²) < 4.78 is 1.94. The SMILES string of the molecule is O=c1sc2ccccc2c(=O)n1Cc1ccccc1Cl. The quantitative estimate of drug-likeness (QED) is 0.729. The summed E-state index contributed by atoms with van der Waals surface area (Å²) in [6, 6.07) is 14.3. The minimum absolute atomic E-state index is 0.193. The fourth-order valence-corrected chi connectivity index (χ4v) is 3.10. The second-order valence-corrected chi connectivity index (χ2v) is 5.75. The van der Waals surface area contributed by atoms with E-state index in [1.165, 1.54) is 4.57 Å². The number of hydrogen-bond acceptors (Lipinski definition) is 3. The normalized spacial score (nSPS) is 10.8. The van der Waals surface area contributed by atoms with Crippen LogP contribution >= 0.6 is 22.9 Å². The van der Waals surface area contributed by atoms with Gasteiger partial charge in [-0.05, 0) is 23.8 Å². The average molecular weight is 304 g/mol. The highest BCUT2D eigenvalue weighted by atomic mass is 35.5. The third-order valence-electron chi connectivity index (χ3n) is 3.07. The zero-order valence-corrected chi connectivity index (χ0v) is 11.9. The molecule has 0 radical (unpaired) electrons. The fraction of sp³-hybridized carbons (Fsp3) is 0.0667. The van der Waals surface area contributed by atoms with E-state index in [1.54, 1.807) is 24.3 Å². The van der Waals surface area contributed by atoms with Gasteiger partial charge >= 0.3 is 4.87 Å². The van der Waals surface area contributed by atoms with Crippen LogP contribution in [0.4, 0.5) is 0 Å². The van der Waals surface area contributed by atoms with Gasteiger partial charge in [0.15, 0.2) is 0 Å². The van der Waals surface area contributed by atoms with Crippen LogP contribution in [0.2, 0.25) is 5.02 Å². The minimum atomic E-state index is -0.274. The average Bonchev–Trinajstić information content (AvgIpc) is 2.45. The lowest BCUT2D eigenvalue weighted by Gasteiger charge is -2.07. The smallest absolute Gasteiger partial charge is 0.269 e. The second-order valence-electron chi connectivity index (χ2n) is 4.35.